The number of carbonyl (C=O) groups excluding carboxylic acids is 1. The maximum atomic E-state index is 11.7. The standard InChI is InChI=1S/C20H17N3O2S/c1-2-14-8-10-15(11-9-14)19-17(12-24)23-20(21-19)26-18(22-23)13-25-16-6-4-3-5-7-16/h3-12H,2,13H2,1H3. The van der Waals surface area contributed by atoms with Crippen LogP contribution in [0.2, 0.25) is 0 Å². The molecule has 4 rings (SSSR count). The molecule has 0 aliphatic carbocycles. The maximum Gasteiger partial charge on any atom is 0.213 e. The molecule has 0 saturated heterocycles. The van der Waals surface area contributed by atoms with Crippen molar-refractivity contribution in [3.8, 4) is 17.0 Å². The molecule has 4 aromatic rings. The van der Waals surface area contributed by atoms with Gasteiger partial charge in [-0.25, -0.2) is 4.98 Å². The van der Waals surface area contributed by atoms with Gasteiger partial charge in [0.1, 0.15) is 23.7 Å². The van der Waals surface area contributed by atoms with Crippen molar-refractivity contribution in [2.75, 3.05) is 0 Å². The van der Waals surface area contributed by atoms with Crippen LogP contribution in [0.4, 0.5) is 0 Å². The van der Waals surface area contributed by atoms with Crippen LogP contribution in [0.5, 0.6) is 5.75 Å². The van der Waals surface area contributed by atoms with E-state index in [9.17, 15) is 4.79 Å². The Kier molecular flexibility index (Phi) is 4.50. The van der Waals surface area contributed by atoms with Gasteiger partial charge in [-0.1, -0.05) is 60.7 Å². The monoisotopic (exact) mass is 363 g/mol. The molecule has 0 atom stereocenters. The van der Waals surface area contributed by atoms with Gasteiger partial charge in [-0.3, -0.25) is 4.79 Å². The molecule has 26 heavy (non-hydrogen) atoms. The summed E-state index contributed by atoms with van der Waals surface area (Å²) in [6, 6.07) is 17.7. The number of hydrogen-bond donors (Lipinski definition) is 0. The van der Waals surface area contributed by atoms with Crippen molar-refractivity contribution in [3.63, 3.8) is 0 Å². The first-order chi connectivity index (χ1) is 12.8. The fourth-order valence-corrected chi connectivity index (χ4v) is 3.55. The molecule has 5 nitrogen and oxygen atoms in total. The number of para-hydroxylation sites is 1. The number of rotatable bonds is 6. The molecule has 2 aromatic heterocycles. The van der Waals surface area contributed by atoms with Crippen LogP contribution in [0.15, 0.2) is 54.6 Å². The van der Waals surface area contributed by atoms with E-state index in [4.69, 9.17) is 4.74 Å². The number of aromatic nitrogens is 3. The third kappa shape index (κ3) is 3.11. The van der Waals surface area contributed by atoms with E-state index in [0.29, 0.717) is 23.0 Å². The normalized spacial score (nSPS) is 11.0. The van der Waals surface area contributed by atoms with Crippen molar-refractivity contribution in [3.05, 3.63) is 70.9 Å². The highest BCUT2D eigenvalue weighted by atomic mass is 32.1. The van der Waals surface area contributed by atoms with E-state index < -0.39 is 0 Å². The summed E-state index contributed by atoms with van der Waals surface area (Å²) < 4.78 is 7.32. The Bertz CT molecular complexity index is 1040. The number of benzene rings is 2. The molecule has 0 bridgehead atoms. The molecule has 0 amide bonds. The van der Waals surface area contributed by atoms with Gasteiger partial charge in [0.25, 0.3) is 0 Å². The van der Waals surface area contributed by atoms with Crippen LogP contribution < -0.4 is 4.74 Å². The Balaban J connectivity index is 1.63. The van der Waals surface area contributed by atoms with E-state index in [1.165, 1.54) is 16.9 Å². The molecule has 0 saturated carbocycles. The van der Waals surface area contributed by atoms with Crippen molar-refractivity contribution >= 4 is 22.6 Å². The topological polar surface area (TPSA) is 56.5 Å². The molecule has 6 heteroatoms. The van der Waals surface area contributed by atoms with Crippen molar-refractivity contribution in [1.29, 1.82) is 0 Å². The summed E-state index contributed by atoms with van der Waals surface area (Å²) in [5, 5.41) is 5.27. The first-order valence-electron chi connectivity index (χ1n) is 8.39. The minimum atomic E-state index is 0.344. The van der Waals surface area contributed by atoms with Crippen molar-refractivity contribution in [1.82, 2.24) is 14.6 Å². The van der Waals surface area contributed by atoms with Gasteiger partial charge < -0.3 is 4.74 Å². The van der Waals surface area contributed by atoms with E-state index in [-0.39, 0.29) is 0 Å². The highest BCUT2D eigenvalue weighted by molar-refractivity contribution is 7.16. The van der Waals surface area contributed by atoms with Gasteiger partial charge in [-0.05, 0) is 24.1 Å². The van der Waals surface area contributed by atoms with E-state index in [0.717, 1.165) is 29.0 Å². The van der Waals surface area contributed by atoms with Gasteiger partial charge in [0.15, 0.2) is 11.3 Å². The number of fused-ring (bicyclic) bond motifs is 1. The van der Waals surface area contributed by atoms with Gasteiger partial charge in [-0.15, -0.1) is 0 Å². The molecule has 0 aliphatic heterocycles. The minimum Gasteiger partial charge on any atom is -0.486 e. The number of aldehydes is 1. The molecule has 0 fully saturated rings. The lowest BCUT2D eigenvalue weighted by atomic mass is 10.1. The molecule has 0 spiro atoms. The molecule has 0 unspecified atom stereocenters. The Morgan fingerprint density at radius 1 is 1.12 bits per heavy atom. The Morgan fingerprint density at radius 2 is 1.88 bits per heavy atom. The van der Waals surface area contributed by atoms with E-state index in [1.807, 2.05) is 42.5 Å². The summed E-state index contributed by atoms with van der Waals surface area (Å²) in [7, 11) is 0. The van der Waals surface area contributed by atoms with Crippen LogP contribution in [-0.4, -0.2) is 20.9 Å². The van der Waals surface area contributed by atoms with Gasteiger partial charge in [0.2, 0.25) is 4.96 Å². The molecule has 0 N–H and O–H groups in total. The number of ether oxygens (including phenoxy) is 1. The number of aryl methyl sites for hydroxylation is 1. The molecule has 130 valence electrons. The highest BCUT2D eigenvalue weighted by Gasteiger charge is 2.17. The average Bonchev–Trinajstić information content (AvgIpc) is 3.24. The average molecular weight is 363 g/mol. The second-order valence-corrected chi connectivity index (χ2v) is 6.85. The Hall–Kier alpha value is -2.99. The molecular weight excluding hydrogens is 346 g/mol. The summed E-state index contributed by atoms with van der Waals surface area (Å²) in [5.41, 5.74) is 3.30. The van der Waals surface area contributed by atoms with Crippen molar-refractivity contribution < 1.29 is 9.53 Å². The van der Waals surface area contributed by atoms with Gasteiger partial charge in [-0.2, -0.15) is 9.61 Å². The SMILES string of the molecule is CCc1ccc(-c2nc3sc(COc4ccccc4)nn3c2C=O)cc1. The van der Waals surface area contributed by atoms with Crippen molar-refractivity contribution in [2.45, 2.75) is 20.0 Å². The third-order valence-electron chi connectivity index (χ3n) is 4.13. The second kappa shape index (κ2) is 7.09. The largest absolute Gasteiger partial charge is 0.486 e. The van der Waals surface area contributed by atoms with E-state index in [2.05, 4.69) is 29.1 Å². The minimum absolute atomic E-state index is 0.344. The van der Waals surface area contributed by atoms with Gasteiger partial charge >= 0.3 is 0 Å². The summed E-state index contributed by atoms with van der Waals surface area (Å²) in [5.74, 6) is 0.785. The predicted molar refractivity (Wildman–Crippen MR) is 102 cm³/mol. The first kappa shape index (κ1) is 16.5. The lowest BCUT2D eigenvalue weighted by Gasteiger charge is -2.02. The van der Waals surface area contributed by atoms with Crippen LogP contribution in [0.25, 0.3) is 16.2 Å². The van der Waals surface area contributed by atoms with Gasteiger partial charge in [0.05, 0.1) is 0 Å². The first-order valence-corrected chi connectivity index (χ1v) is 9.21. The maximum absolute atomic E-state index is 11.7. The number of nitrogens with zero attached hydrogens (tertiary/aromatic N) is 3. The fourth-order valence-electron chi connectivity index (χ4n) is 2.74. The van der Waals surface area contributed by atoms with Gasteiger partial charge in [0, 0.05) is 5.56 Å². The zero-order valence-electron chi connectivity index (χ0n) is 14.3. The molecule has 2 aromatic carbocycles. The van der Waals surface area contributed by atoms with Crippen LogP contribution in [0.1, 0.15) is 28.0 Å². The summed E-state index contributed by atoms with van der Waals surface area (Å²) in [6.45, 7) is 2.46. The lowest BCUT2D eigenvalue weighted by Crippen LogP contribution is -1.98. The van der Waals surface area contributed by atoms with Crippen LogP contribution in [0, 0.1) is 0 Å². The zero-order chi connectivity index (χ0) is 17.9. The number of hydrogen-bond acceptors (Lipinski definition) is 5. The zero-order valence-corrected chi connectivity index (χ0v) is 15.1. The highest BCUT2D eigenvalue weighted by Crippen LogP contribution is 2.27. The molecule has 2 heterocycles. The second-order valence-electron chi connectivity index (χ2n) is 5.81. The molecule has 0 radical (unpaired) electrons. The Morgan fingerprint density at radius 3 is 2.58 bits per heavy atom. The summed E-state index contributed by atoms with van der Waals surface area (Å²) in [6.07, 6.45) is 1.79. The number of imidazole rings is 1. The molecule has 0 aliphatic rings. The van der Waals surface area contributed by atoms with E-state index in [1.54, 1.807) is 4.52 Å². The van der Waals surface area contributed by atoms with Crippen LogP contribution in [0.3, 0.4) is 0 Å². The third-order valence-corrected chi connectivity index (χ3v) is 5.01. The van der Waals surface area contributed by atoms with Crippen LogP contribution in [-0.2, 0) is 13.0 Å². The predicted octanol–water partition coefficient (Wildman–Crippen LogP) is 4.41. The smallest absolute Gasteiger partial charge is 0.213 e. The molecular formula is C20H17N3O2S. The summed E-state index contributed by atoms with van der Waals surface area (Å²) in [4.78, 5) is 17.0. The van der Waals surface area contributed by atoms with Crippen molar-refractivity contribution in [2.24, 2.45) is 0 Å². The summed E-state index contributed by atoms with van der Waals surface area (Å²) >= 11 is 1.43. The van der Waals surface area contributed by atoms with E-state index >= 15 is 0 Å². The number of carbonyl (C=O) groups is 1. The Labute approximate surface area is 154 Å². The lowest BCUT2D eigenvalue weighted by molar-refractivity contribution is 0.111. The van der Waals surface area contributed by atoms with Crippen LogP contribution >= 0.6 is 11.3 Å². The quantitative estimate of drug-likeness (QED) is 0.476. The fraction of sp³-hybridized carbons (Fsp3) is 0.150.